The van der Waals surface area contributed by atoms with Crippen molar-refractivity contribution in [2.45, 2.75) is 32.7 Å². The van der Waals surface area contributed by atoms with Crippen LogP contribution < -0.4 is 4.74 Å². The fraction of sp³-hybridized carbons (Fsp3) is 0.350. The molecule has 4 nitrogen and oxygen atoms in total. The van der Waals surface area contributed by atoms with Crippen LogP contribution in [0.1, 0.15) is 29.8 Å². The Balaban J connectivity index is 1.73. The summed E-state index contributed by atoms with van der Waals surface area (Å²) in [6, 6.07) is 14.9. The molecule has 0 aliphatic carbocycles. The highest BCUT2D eigenvalue weighted by molar-refractivity contribution is 6.30. The predicted molar refractivity (Wildman–Crippen MR) is 98.1 cm³/mol. The lowest BCUT2D eigenvalue weighted by Crippen LogP contribution is -2.48. The fourth-order valence-electron chi connectivity index (χ4n) is 3.02. The summed E-state index contributed by atoms with van der Waals surface area (Å²) in [4.78, 5) is 14.8. The molecule has 0 unspecified atom stereocenters. The van der Waals surface area contributed by atoms with E-state index in [9.17, 15) is 4.79 Å². The minimum atomic E-state index is -0.0197. The van der Waals surface area contributed by atoms with Gasteiger partial charge in [-0.05, 0) is 43.7 Å². The number of amides is 1. The van der Waals surface area contributed by atoms with E-state index in [2.05, 4.69) is 0 Å². The van der Waals surface area contributed by atoms with Crippen LogP contribution in [0, 0.1) is 0 Å². The van der Waals surface area contributed by atoms with Crippen molar-refractivity contribution >= 4 is 17.5 Å². The molecule has 1 aliphatic rings. The number of para-hydroxylation sites is 1. The molecule has 1 amide bonds. The van der Waals surface area contributed by atoms with Crippen LogP contribution in [0.2, 0.25) is 5.02 Å². The van der Waals surface area contributed by atoms with Gasteiger partial charge >= 0.3 is 0 Å². The van der Waals surface area contributed by atoms with E-state index in [0.717, 1.165) is 5.56 Å². The topological polar surface area (TPSA) is 38.8 Å². The number of ether oxygens (including phenoxy) is 2. The molecule has 2 aromatic carbocycles. The van der Waals surface area contributed by atoms with Crippen LogP contribution in [-0.4, -0.2) is 36.1 Å². The molecule has 25 heavy (non-hydrogen) atoms. The van der Waals surface area contributed by atoms with Crippen molar-refractivity contribution in [1.29, 1.82) is 0 Å². The molecule has 2 atom stereocenters. The van der Waals surface area contributed by atoms with Crippen molar-refractivity contribution in [3.8, 4) is 5.75 Å². The van der Waals surface area contributed by atoms with Crippen molar-refractivity contribution < 1.29 is 14.3 Å². The molecule has 0 aromatic heterocycles. The second-order valence-corrected chi connectivity index (χ2v) is 6.82. The van der Waals surface area contributed by atoms with Crippen LogP contribution in [0.25, 0.3) is 0 Å². The predicted octanol–water partition coefficient (Wildman–Crippen LogP) is 4.17. The van der Waals surface area contributed by atoms with Gasteiger partial charge in [-0.15, -0.1) is 0 Å². The highest BCUT2D eigenvalue weighted by atomic mass is 35.5. The van der Waals surface area contributed by atoms with E-state index < -0.39 is 0 Å². The molecular formula is C20H22ClNO3. The minimum absolute atomic E-state index is 0.0197. The lowest BCUT2D eigenvalue weighted by molar-refractivity contribution is -0.0586. The van der Waals surface area contributed by atoms with E-state index in [-0.39, 0.29) is 18.1 Å². The maximum Gasteiger partial charge on any atom is 0.257 e. The van der Waals surface area contributed by atoms with E-state index in [1.165, 1.54) is 0 Å². The van der Waals surface area contributed by atoms with E-state index in [1.54, 1.807) is 0 Å². The first-order chi connectivity index (χ1) is 12.0. The van der Waals surface area contributed by atoms with Crippen LogP contribution in [-0.2, 0) is 11.3 Å². The Morgan fingerprint density at radius 2 is 1.76 bits per heavy atom. The summed E-state index contributed by atoms with van der Waals surface area (Å²) in [6.07, 6.45) is 0.0738. The van der Waals surface area contributed by atoms with Crippen molar-refractivity contribution in [2.75, 3.05) is 13.1 Å². The number of hydrogen-bond acceptors (Lipinski definition) is 3. The smallest absolute Gasteiger partial charge is 0.257 e. The molecule has 1 saturated heterocycles. The third kappa shape index (κ3) is 4.53. The number of carbonyl (C=O) groups is 1. The second kappa shape index (κ2) is 7.89. The number of hydrogen-bond donors (Lipinski definition) is 0. The van der Waals surface area contributed by atoms with Crippen LogP contribution in [0.3, 0.4) is 0 Å². The molecular weight excluding hydrogens is 338 g/mol. The Morgan fingerprint density at radius 3 is 2.44 bits per heavy atom. The Kier molecular flexibility index (Phi) is 5.61. The van der Waals surface area contributed by atoms with Gasteiger partial charge < -0.3 is 14.4 Å². The molecule has 0 saturated carbocycles. The normalized spacial score (nSPS) is 20.4. The van der Waals surface area contributed by atoms with Crippen molar-refractivity contribution in [1.82, 2.24) is 4.90 Å². The van der Waals surface area contributed by atoms with Gasteiger partial charge in [0.2, 0.25) is 0 Å². The molecule has 1 fully saturated rings. The van der Waals surface area contributed by atoms with Crippen molar-refractivity contribution in [3.05, 3.63) is 64.7 Å². The zero-order valence-electron chi connectivity index (χ0n) is 14.4. The van der Waals surface area contributed by atoms with E-state index in [1.807, 2.05) is 67.3 Å². The Labute approximate surface area is 153 Å². The average molecular weight is 360 g/mol. The second-order valence-electron chi connectivity index (χ2n) is 6.38. The summed E-state index contributed by atoms with van der Waals surface area (Å²) in [7, 11) is 0. The van der Waals surface area contributed by atoms with Gasteiger partial charge in [0.1, 0.15) is 12.4 Å². The summed E-state index contributed by atoms with van der Waals surface area (Å²) in [5, 5.41) is 0.690. The average Bonchev–Trinajstić information content (AvgIpc) is 2.60. The number of rotatable bonds is 4. The molecule has 132 valence electrons. The third-order valence-electron chi connectivity index (χ3n) is 4.13. The molecule has 1 heterocycles. The zero-order valence-corrected chi connectivity index (χ0v) is 15.2. The Hall–Kier alpha value is -2.04. The van der Waals surface area contributed by atoms with Crippen LogP contribution in [0.4, 0.5) is 0 Å². The number of nitrogens with zero attached hydrogens (tertiary/aromatic N) is 1. The van der Waals surface area contributed by atoms with Gasteiger partial charge in [0.25, 0.3) is 5.91 Å². The summed E-state index contributed by atoms with van der Waals surface area (Å²) < 4.78 is 11.6. The van der Waals surface area contributed by atoms with Crippen molar-refractivity contribution in [3.63, 3.8) is 0 Å². The maximum atomic E-state index is 12.9. The first-order valence-corrected chi connectivity index (χ1v) is 8.81. The van der Waals surface area contributed by atoms with Gasteiger partial charge in [0.05, 0.1) is 17.8 Å². The minimum Gasteiger partial charge on any atom is -0.488 e. The molecule has 3 rings (SSSR count). The monoisotopic (exact) mass is 359 g/mol. The largest absolute Gasteiger partial charge is 0.488 e. The Morgan fingerprint density at radius 1 is 1.12 bits per heavy atom. The van der Waals surface area contributed by atoms with Gasteiger partial charge in [-0.1, -0.05) is 35.9 Å². The SMILES string of the molecule is C[C@@H]1CN(C(=O)c2ccccc2OCc2ccc(Cl)cc2)C[C@@H](C)O1. The lowest BCUT2D eigenvalue weighted by atomic mass is 10.1. The van der Waals surface area contributed by atoms with E-state index >= 15 is 0 Å². The number of carbonyl (C=O) groups excluding carboxylic acids is 1. The van der Waals surface area contributed by atoms with Crippen molar-refractivity contribution in [2.24, 2.45) is 0 Å². The van der Waals surface area contributed by atoms with E-state index in [4.69, 9.17) is 21.1 Å². The first-order valence-electron chi connectivity index (χ1n) is 8.44. The Bertz CT molecular complexity index is 722. The van der Waals surface area contributed by atoms with Gasteiger partial charge in [-0.2, -0.15) is 0 Å². The molecule has 0 N–H and O–H groups in total. The fourth-order valence-corrected chi connectivity index (χ4v) is 3.15. The van der Waals surface area contributed by atoms with Crippen LogP contribution in [0.5, 0.6) is 5.75 Å². The standard InChI is InChI=1S/C20H22ClNO3/c1-14-11-22(12-15(2)25-14)20(23)18-5-3-4-6-19(18)24-13-16-7-9-17(21)10-8-16/h3-10,14-15H,11-13H2,1-2H3/t14-,15-/m1/s1. The maximum absolute atomic E-state index is 12.9. The lowest BCUT2D eigenvalue weighted by Gasteiger charge is -2.35. The molecule has 0 radical (unpaired) electrons. The van der Waals surface area contributed by atoms with Gasteiger partial charge in [-0.25, -0.2) is 0 Å². The van der Waals surface area contributed by atoms with E-state index in [0.29, 0.717) is 36.0 Å². The number of halogens is 1. The van der Waals surface area contributed by atoms with Gasteiger partial charge in [0, 0.05) is 18.1 Å². The molecule has 5 heteroatoms. The highest BCUT2D eigenvalue weighted by Crippen LogP contribution is 2.23. The molecule has 0 spiro atoms. The summed E-state index contributed by atoms with van der Waals surface area (Å²) in [5.74, 6) is 0.572. The number of benzene rings is 2. The highest BCUT2D eigenvalue weighted by Gasteiger charge is 2.28. The van der Waals surface area contributed by atoms with Gasteiger partial charge in [0.15, 0.2) is 0 Å². The van der Waals surface area contributed by atoms with Gasteiger partial charge in [-0.3, -0.25) is 4.79 Å². The molecule has 0 bridgehead atoms. The first kappa shape index (κ1) is 17.8. The third-order valence-corrected chi connectivity index (χ3v) is 4.38. The number of morpholine rings is 1. The quantitative estimate of drug-likeness (QED) is 0.822. The molecule has 2 aromatic rings. The summed E-state index contributed by atoms with van der Waals surface area (Å²) in [5.41, 5.74) is 1.58. The zero-order chi connectivity index (χ0) is 17.8. The van der Waals surface area contributed by atoms with Crippen LogP contribution in [0.15, 0.2) is 48.5 Å². The summed E-state index contributed by atoms with van der Waals surface area (Å²) >= 11 is 5.90. The molecule has 1 aliphatic heterocycles. The summed E-state index contributed by atoms with van der Waals surface area (Å²) in [6.45, 7) is 5.54. The van der Waals surface area contributed by atoms with Crippen LogP contribution >= 0.6 is 11.6 Å².